The summed E-state index contributed by atoms with van der Waals surface area (Å²) in [4.78, 5) is 0. The molecule has 2 rings (SSSR count). The fourth-order valence-electron chi connectivity index (χ4n) is 1.53. The van der Waals surface area contributed by atoms with Crippen LogP contribution >= 0.6 is 35.6 Å². The number of benzene rings is 2. The van der Waals surface area contributed by atoms with Gasteiger partial charge in [0.1, 0.15) is 18.2 Å². The number of amidine groups is 1. The zero-order chi connectivity index (χ0) is 13.8. The van der Waals surface area contributed by atoms with Crippen LogP contribution < -0.4 is 10.5 Å². The molecule has 3 N–H and O–H groups in total. The Bertz CT molecular complexity index is 600. The third kappa shape index (κ3) is 4.30. The van der Waals surface area contributed by atoms with Crippen LogP contribution in [0.3, 0.4) is 0 Å². The SMILES string of the molecule is Cl.N=C(N)c1ccc(COc2ccc(Cl)cc2Cl)cc1. The van der Waals surface area contributed by atoms with Gasteiger partial charge in [-0.1, -0.05) is 47.5 Å². The lowest BCUT2D eigenvalue weighted by molar-refractivity contribution is 0.306. The van der Waals surface area contributed by atoms with Gasteiger partial charge in [-0.15, -0.1) is 12.4 Å². The van der Waals surface area contributed by atoms with Gasteiger partial charge in [0, 0.05) is 10.6 Å². The van der Waals surface area contributed by atoms with Crippen LogP contribution in [0.1, 0.15) is 11.1 Å². The van der Waals surface area contributed by atoms with E-state index < -0.39 is 0 Å². The Hall–Kier alpha value is -1.42. The highest BCUT2D eigenvalue weighted by atomic mass is 35.5. The van der Waals surface area contributed by atoms with Crippen molar-refractivity contribution in [1.82, 2.24) is 0 Å². The average Bonchev–Trinajstić information content (AvgIpc) is 2.38. The van der Waals surface area contributed by atoms with Crippen molar-refractivity contribution in [1.29, 1.82) is 5.41 Å². The highest BCUT2D eigenvalue weighted by molar-refractivity contribution is 6.35. The molecule has 0 aliphatic rings. The molecule has 0 unspecified atom stereocenters. The molecule has 20 heavy (non-hydrogen) atoms. The number of nitrogen functional groups attached to an aromatic ring is 1. The second kappa shape index (κ2) is 7.39. The Labute approximate surface area is 133 Å². The fraction of sp³-hybridized carbons (Fsp3) is 0.0714. The molecule has 106 valence electrons. The number of ether oxygens (including phenoxy) is 1. The van der Waals surface area contributed by atoms with Crippen molar-refractivity contribution < 1.29 is 4.74 Å². The minimum atomic E-state index is 0. The third-order valence-corrected chi connectivity index (χ3v) is 3.08. The summed E-state index contributed by atoms with van der Waals surface area (Å²) in [5.74, 6) is 0.634. The van der Waals surface area contributed by atoms with E-state index in [9.17, 15) is 0 Å². The molecule has 0 radical (unpaired) electrons. The zero-order valence-electron chi connectivity index (χ0n) is 10.4. The summed E-state index contributed by atoms with van der Waals surface area (Å²) in [7, 11) is 0. The van der Waals surface area contributed by atoms with Crippen LogP contribution in [0.5, 0.6) is 5.75 Å². The number of hydrogen-bond donors (Lipinski definition) is 2. The van der Waals surface area contributed by atoms with E-state index in [0.29, 0.717) is 28.0 Å². The van der Waals surface area contributed by atoms with E-state index in [4.69, 9.17) is 39.1 Å². The molecule has 0 fully saturated rings. The van der Waals surface area contributed by atoms with Crippen LogP contribution in [-0.2, 0) is 6.61 Å². The van der Waals surface area contributed by atoms with Gasteiger partial charge in [-0.05, 0) is 23.8 Å². The van der Waals surface area contributed by atoms with Gasteiger partial charge in [0.05, 0.1) is 5.02 Å². The standard InChI is InChI=1S/C14H12Cl2N2O.ClH/c15-11-5-6-13(12(16)7-11)19-8-9-1-3-10(4-2-9)14(17)18;/h1-7H,8H2,(H3,17,18);1H. The number of hydrogen-bond acceptors (Lipinski definition) is 2. The lowest BCUT2D eigenvalue weighted by Gasteiger charge is -2.08. The molecule has 0 atom stereocenters. The van der Waals surface area contributed by atoms with Gasteiger partial charge in [-0.2, -0.15) is 0 Å². The Morgan fingerprint density at radius 2 is 1.75 bits per heavy atom. The van der Waals surface area contributed by atoms with E-state index in [1.807, 2.05) is 12.1 Å². The highest BCUT2D eigenvalue weighted by Gasteiger charge is 2.03. The molecule has 0 saturated carbocycles. The van der Waals surface area contributed by atoms with Crippen molar-refractivity contribution in [2.45, 2.75) is 6.61 Å². The number of rotatable bonds is 4. The van der Waals surface area contributed by atoms with Crippen molar-refractivity contribution in [3.05, 3.63) is 63.6 Å². The molecule has 6 heteroatoms. The number of nitrogens with two attached hydrogens (primary N) is 1. The molecule has 0 amide bonds. The van der Waals surface area contributed by atoms with Crippen molar-refractivity contribution in [3.8, 4) is 5.75 Å². The molecule has 0 heterocycles. The minimum absolute atomic E-state index is 0. The predicted molar refractivity (Wildman–Crippen MR) is 85.5 cm³/mol. The monoisotopic (exact) mass is 330 g/mol. The average molecular weight is 332 g/mol. The molecule has 2 aromatic rings. The molecule has 0 aliphatic heterocycles. The third-order valence-electron chi connectivity index (χ3n) is 2.55. The summed E-state index contributed by atoms with van der Waals surface area (Å²) < 4.78 is 5.60. The Kier molecular flexibility index (Phi) is 6.14. The summed E-state index contributed by atoms with van der Waals surface area (Å²) in [5, 5.41) is 8.36. The van der Waals surface area contributed by atoms with Crippen LogP contribution in [0.15, 0.2) is 42.5 Å². The summed E-state index contributed by atoms with van der Waals surface area (Å²) in [6.45, 7) is 0.388. The zero-order valence-corrected chi connectivity index (χ0v) is 12.7. The number of nitrogens with one attached hydrogen (secondary N) is 1. The van der Waals surface area contributed by atoms with Gasteiger partial charge in [-0.25, -0.2) is 0 Å². The van der Waals surface area contributed by atoms with Gasteiger partial charge in [0.15, 0.2) is 0 Å². The Balaban J connectivity index is 0.00000200. The van der Waals surface area contributed by atoms with Gasteiger partial charge in [-0.3, -0.25) is 5.41 Å². The van der Waals surface area contributed by atoms with Crippen LogP contribution in [-0.4, -0.2) is 5.84 Å². The van der Waals surface area contributed by atoms with E-state index in [0.717, 1.165) is 5.56 Å². The van der Waals surface area contributed by atoms with Gasteiger partial charge in [0.25, 0.3) is 0 Å². The molecule has 0 saturated heterocycles. The summed E-state index contributed by atoms with van der Waals surface area (Å²) >= 11 is 11.8. The normalized spacial score (nSPS) is 9.70. The van der Waals surface area contributed by atoms with Crippen molar-refractivity contribution in [3.63, 3.8) is 0 Å². The topological polar surface area (TPSA) is 59.1 Å². The highest BCUT2D eigenvalue weighted by Crippen LogP contribution is 2.28. The maximum absolute atomic E-state index is 7.31. The quantitative estimate of drug-likeness (QED) is 0.649. The van der Waals surface area contributed by atoms with Gasteiger partial charge >= 0.3 is 0 Å². The largest absolute Gasteiger partial charge is 0.487 e. The van der Waals surface area contributed by atoms with E-state index >= 15 is 0 Å². The lowest BCUT2D eigenvalue weighted by Crippen LogP contribution is -2.10. The van der Waals surface area contributed by atoms with Crippen LogP contribution in [0.25, 0.3) is 0 Å². The first-order valence-electron chi connectivity index (χ1n) is 5.57. The van der Waals surface area contributed by atoms with E-state index in [2.05, 4.69) is 0 Å². The fourth-order valence-corrected chi connectivity index (χ4v) is 2.00. The van der Waals surface area contributed by atoms with Gasteiger partial charge < -0.3 is 10.5 Å². The van der Waals surface area contributed by atoms with Crippen molar-refractivity contribution in [2.24, 2.45) is 5.73 Å². The molecule has 2 aromatic carbocycles. The second-order valence-corrected chi connectivity index (χ2v) is 4.82. The molecule has 0 aromatic heterocycles. The summed E-state index contributed by atoms with van der Waals surface area (Å²) in [6, 6.07) is 12.4. The van der Waals surface area contributed by atoms with Crippen molar-refractivity contribution in [2.75, 3.05) is 0 Å². The molecule has 0 bridgehead atoms. The predicted octanol–water partition coefficient (Wildman–Crippen LogP) is 4.28. The molecule has 3 nitrogen and oxygen atoms in total. The maximum Gasteiger partial charge on any atom is 0.138 e. The first-order chi connectivity index (χ1) is 9.06. The summed E-state index contributed by atoms with van der Waals surface area (Å²) in [5.41, 5.74) is 7.04. The number of halogens is 3. The second-order valence-electron chi connectivity index (χ2n) is 3.97. The molecular weight excluding hydrogens is 319 g/mol. The van der Waals surface area contributed by atoms with Crippen LogP contribution in [0.4, 0.5) is 0 Å². The first-order valence-corrected chi connectivity index (χ1v) is 6.33. The van der Waals surface area contributed by atoms with Crippen LogP contribution in [0, 0.1) is 5.41 Å². The Morgan fingerprint density at radius 3 is 2.30 bits per heavy atom. The first kappa shape index (κ1) is 16.6. The lowest BCUT2D eigenvalue weighted by atomic mass is 10.1. The van der Waals surface area contributed by atoms with E-state index in [-0.39, 0.29) is 18.2 Å². The van der Waals surface area contributed by atoms with E-state index in [1.54, 1.807) is 30.3 Å². The maximum atomic E-state index is 7.31. The molecule has 0 spiro atoms. The summed E-state index contributed by atoms with van der Waals surface area (Å²) in [6.07, 6.45) is 0. The Morgan fingerprint density at radius 1 is 1.10 bits per heavy atom. The van der Waals surface area contributed by atoms with Crippen molar-refractivity contribution >= 4 is 41.4 Å². The molecular formula is C14H13Cl3N2O. The molecule has 0 aliphatic carbocycles. The van der Waals surface area contributed by atoms with Crippen LogP contribution in [0.2, 0.25) is 10.0 Å². The minimum Gasteiger partial charge on any atom is -0.487 e. The smallest absolute Gasteiger partial charge is 0.138 e. The van der Waals surface area contributed by atoms with E-state index in [1.165, 1.54) is 0 Å². The van der Waals surface area contributed by atoms with Gasteiger partial charge in [0.2, 0.25) is 0 Å².